The van der Waals surface area contributed by atoms with Crippen molar-refractivity contribution < 1.29 is 4.74 Å². The standard InChI is InChI=1S/C11H15O.2C3H7.Bi/c1-3-5-10-6-4-7-11(8-10)9-12-2;2*1-3-2;/h4,6,8H,3,5,9H2,1-2H3;2*3H,1-2H3;. The summed E-state index contributed by atoms with van der Waals surface area (Å²) in [6.45, 7) is 12.7. The van der Waals surface area contributed by atoms with Crippen LogP contribution < -0.4 is 3.27 Å². The molecule has 0 heterocycles. The van der Waals surface area contributed by atoms with Gasteiger partial charge in [-0.2, -0.15) is 0 Å². The van der Waals surface area contributed by atoms with E-state index < -0.39 is 21.8 Å². The average molecular weight is 458 g/mol. The van der Waals surface area contributed by atoms with Gasteiger partial charge in [-0.05, 0) is 0 Å². The molecule has 1 nitrogen and oxygen atoms in total. The third-order valence-corrected chi connectivity index (χ3v) is 15.9. The van der Waals surface area contributed by atoms with E-state index >= 15 is 0 Å². The van der Waals surface area contributed by atoms with Crippen LogP contribution in [0.1, 0.15) is 52.2 Å². The van der Waals surface area contributed by atoms with Crippen molar-refractivity contribution in [2.45, 2.75) is 61.3 Å². The maximum absolute atomic E-state index is 5.44. The third-order valence-electron chi connectivity index (χ3n) is 3.37. The van der Waals surface area contributed by atoms with Crippen molar-refractivity contribution in [1.29, 1.82) is 0 Å². The van der Waals surface area contributed by atoms with Crippen molar-refractivity contribution in [3.05, 3.63) is 29.3 Å². The molecule has 0 fully saturated rings. The van der Waals surface area contributed by atoms with Gasteiger partial charge >= 0.3 is 128 Å². The van der Waals surface area contributed by atoms with Gasteiger partial charge in [-0.1, -0.05) is 0 Å². The molecule has 108 valence electrons. The van der Waals surface area contributed by atoms with E-state index in [2.05, 4.69) is 52.8 Å². The topological polar surface area (TPSA) is 9.23 Å². The van der Waals surface area contributed by atoms with Crippen molar-refractivity contribution in [3.63, 3.8) is 0 Å². The molecule has 0 aliphatic heterocycles. The molecule has 1 aromatic rings. The molecule has 0 bridgehead atoms. The zero-order valence-corrected chi connectivity index (χ0v) is 16.8. The number of hydrogen-bond donors (Lipinski definition) is 0. The Labute approximate surface area is 127 Å². The van der Waals surface area contributed by atoms with Crippen molar-refractivity contribution in [2.75, 3.05) is 7.11 Å². The van der Waals surface area contributed by atoms with E-state index in [0.29, 0.717) is 0 Å². The van der Waals surface area contributed by atoms with Crippen LogP contribution in [0.3, 0.4) is 0 Å². The van der Waals surface area contributed by atoms with Crippen LogP contribution in [-0.4, -0.2) is 28.9 Å². The van der Waals surface area contributed by atoms with Crippen molar-refractivity contribution in [2.24, 2.45) is 0 Å². The van der Waals surface area contributed by atoms with Gasteiger partial charge in [0, 0.05) is 0 Å². The number of aryl methyl sites for hydroxylation is 1. The first kappa shape index (κ1) is 17.1. The molecule has 0 spiro atoms. The third kappa shape index (κ3) is 4.83. The molecule has 1 rings (SSSR count). The number of hydrogen-bond acceptors (Lipinski definition) is 1. The Bertz CT molecular complexity index is 377. The van der Waals surface area contributed by atoms with Gasteiger partial charge in [-0.15, -0.1) is 0 Å². The van der Waals surface area contributed by atoms with Gasteiger partial charge in [-0.3, -0.25) is 0 Å². The van der Waals surface area contributed by atoms with E-state index in [4.69, 9.17) is 4.74 Å². The van der Waals surface area contributed by atoms with Crippen LogP contribution >= 0.6 is 0 Å². The molecule has 0 unspecified atom stereocenters. The van der Waals surface area contributed by atoms with E-state index in [1.54, 1.807) is 3.27 Å². The molecule has 0 N–H and O–H groups in total. The molecule has 2 heteroatoms. The van der Waals surface area contributed by atoms with Crippen LogP contribution in [0, 0.1) is 0 Å². The minimum atomic E-state index is -1.65. The van der Waals surface area contributed by atoms with E-state index in [0.717, 1.165) is 13.9 Å². The minimum absolute atomic E-state index is 0.776. The summed E-state index contributed by atoms with van der Waals surface area (Å²) >= 11 is -1.65. The first-order valence-corrected chi connectivity index (χ1v) is 13.2. The summed E-state index contributed by atoms with van der Waals surface area (Å²) in [5.74, 6) is 0. The fraction of sp³-hybridized carbons (Fsp3) is 0.647. The second-order valence-corrected chi connectivity index (χ2v) is 18.8. The van der Waals surface area contributed by atoms with E-state index in [-0.39, 0.29) is 0 Å². The van der Waals surface area contributed by atoms with Crippen LogP contribution in [0.4, 0.5) is 0 Å². The summed E-state index contributed by atoms with van der Waals surface area (Å²) in [7, 11) is 1.81. The molecule has 19 heavy (non-hydrogen) atoms. The molecule has 0 amide bonds. The first-order valence-electron chi connectivity index (χ1n) is 7.40. The van der Waals surface area contributed by atoms with Crippen molar-refractivity contribution in [1.82, 2.24) is 0 Å². The molecule has 0 aliphatic rings. The fourth-order valence-electron chi connectivity index (χ4n) is 2.76. The van der Waals surface area contributed by atoms with Gasteiger partial charge in [0.1, 0.15) is 0 Å². The Morgan fingerprint density at radius 3 is 2.21 bits per heavy atom. The molecule has 0 radical (unpaired) electrons. The van der Waals surface area contributed by atoms with Gasteiger partial charge in [0.2, 0.25) is 0 Å². The van der Waals surface area contributed by atoms with E-state index in [1.807, 2.05) is 7.11 Å². The normalized spacial score (nSPS) is 11.8. The Morgan fingerprint density at radius 1 is 1.11 bits per heavy atom. The second-order valence-electron chi connectivity index (χ2n) is 5.74. The summed E-state index contributed by atoms with van der Waals surface area (Å²) in [6, 6.07) is 7.18. The van der Waals surface area contributed by atoms with Crippen LogP contribution in [-0.2, 0) is 17.8 Å². The zero-order chi connectivity index (χ0) is 14.4. The monoisotopic (exact) mass is 458 g/mol. The quantitative estimate of drug-likeness (QED) is 0.554. The first-order chi connectivity index (χ1) is 9.01. The van der Waals surface area contributed by atoms with Crippen molar-refractivity contribution >= 4 is 25.0 Å². The zero-order valence-electron chi connectivity index (χ0n) is 13.4. The Morgan fingerprint density at radius 2 is 1.74 bits per heavy atom. The predicted molar refractivity (Wildman–Crippen MR) is 86.7 cm³/mol. The molecule has 1 aromatic carbocycles. The summed E-state index contributed by atoms with van der Waals surface area (Å²) in [5.41, 5.74) is 2.93. The molecular formula is C17H29BiO. The fourth-order valence-corrected chi connectivity index (χ4v) is 14.5. The van der Waals surface area contributed by atoms with Crippen LogP contribution in [0.5, 0.6) is 0 Å². The molecule has 0 saturated heterocycles. The van der Waals surface area contributed by atoms with Crippen molar-refractivity contribution in [3.8, 4) is 0 Å². The Kier molecular flexibility index (Phi) is 7.54. The summed E-state index contributed by atoms with van der Waals surface area (Å²) in [4.78, 5) is 0. The van der Waals surface area contributed by atoms with Gasteiger partial charge in [-0.25, -0.2) is 0 Å². The molecule has 0 aliphatic carbocycles. The number of rotatable bonds is 7. The van der Waals surface area contributed by atoms with Crippen LogP contribution in [0.15, 0.2) is 18.2 Å². The number of methoxy groups -OCH3 is 1. The predicted octanol–water partition coefficient (Wildman–Crippen LogP) is 4.31. The van der Waals surface area contributed by atoms with Gasteiger partial charge in [0.25, 0.3) is 0 Å². The Hall–Kier alpha value is 0.0631. The number of ether oxygens (including phenoxy) is 1. The van der Waals surface area contributed by atoms with E-state index in [9.17, 15) is 0 Å². The summed E-state index contributed by atoms with van der Waals surface area (Å²) in [6.07, 6.45) is 2.39. The van der Waals surface area contributed by atoms with Gasteiger partial charge in [0.15, 0.2) is 0 Å². The molecule has 0 saturated carbocycles. The van der Waals surface area contributed by atoms with Gasteiger partial charge in [0.05, 0.1) is 0 Å². The summed E-state index contributed by atoms with van der Waals surface area (Å²) < 4.78 is 8.85. The summed E-state index contributed by atoms with van der Waals surface area (Å²) in [5, 5.41) is 0. The van der Waals surface area contributed by atoms with Crippen LogP contribution in [0.25, 0.3) is 0 Å². The Balaban J connectivity index is 3.16. The van der Waals surface area contributed by atoms with E-state index in [1.165, 1.54) is 24.0 Å². The second kappa shape index (κ2) is 8.37. The van der Waals surface area contributed by atoms with Gasteiger partial charge < -0.3 is 0 Å². The molecular weight excluding hydrogens is 429 g/mol. The molecule has 0 aromatic heterocycles. The number of benzene rings is 1. The maximum atomic E-state index is 5.44. The average Bonchev–Trinajstić information content (AvgIpc) is 2.32. The van der Waals surface area contributed by atoms with Crippen LogP contribution in [0.2, 0.25) is 7.25 Å². The molecule has 0 atom stereocenters. The SMILES string of the molecule is CCCc1cc[c]([Bi]([CH](C)C)[CH](C)C)c(COC)c1.